The molecule has 0 saturated heterocycles. The molecule has 4 nitrogen and oxygen atoms in total. The summed E-state index contributed by atoms with van der Waals surface area (Å²) in [5.74, 6) is -6.62. The fourth-order valence-electron chi connectivity index (χ4n) is 0.587. The Morgan fingerprint density at radius 1 is 0.900 bits per heavy atom. The summed E-state index contributed by atoms with van der Waals surface area (Å²) in [6.45, 7) is 0. The summed E-state index contributed by atoms with van der Waals surface area (Å²) in [5.41, 5.74) is 0. The van der Waals surface area contributed by atoms with Crippen molar-refractivity contribution in [1.29, 1.82) is 0 Å². The Morgan fingerprint density at radius 2 is 1.25 bits per heavy atom. The molecule has 1 atom stereocenters. The first kappa shape index (κ1) is 18.9. The van der Waals surface area contributed by atoms with Gasteiger partial charge in [0, 0.05) is 0 Å². The first-order chi connectivity index (χ1) is 8.40. The summed E-state index contributed by atoms with van der Waals surface area (Å²) in [5, 5.41) is -7.02. The molecule has 120 valence electrons. The summed E-state index contributed by atoms with van der Waals surface area (Å²) in [7, 11) is -7.58. The van der Waals surface area contributed by atoms with Crippen LogP contribution in [0.15, 0.2) is 0 Å². The van der Waals surface area contributed by atoms with Crippen molar-refractivity contribution in [1.82, 2.24) is 0 Å². The normalized spacial score (nSPS) is 17.7. The van der Waals surface area contributed by atoms with Crippen LogP contribution >= 0.6 is 0 Å². The van der Waals surface area contributed by atoms with Gasteiger partial charge in [-0.25, -0.2) is 0 Å². The number of halogens is 10. The molecule has 0 rings (SSSR count). The quantitative estimate of drug-likeness (QED) is 0.566. The number of hydrogen-bond acceptors (Lipinski definition) is 4. The van der Waals surface area contributed by atoms with Crippen molar-refractivity contribution in [2.24, 2.45) is 0 Å². The maximum absolute atomic E-state index is 12.6. The summed E-state index contributed by atoms with van der Waals surface area (Å²) < 4.78 is 142. The lowest BCUT2D eigenvalue weighted by Crippen LogP contribution is -2.58. The fraction of sp³-hybridized carbons (Fsp3) is 0.800. The number of rotatable bonds is 5. The van der Waals surface area contributed by atoms with Crippen molar-refractivity contribution in [3.8, 4) is 0 Å². The zero-order valence-corrected chi connectivity index (χ0v) is 9.14. The van der Waals surface area contributed by atoms with Crippen LogP contribution in [0, 0.1) is 0 Å². The molecule has 0 aliphatic heterocycles. The molecule has 0 bridgehead atoms. The Labute approximate surface area is 102 Å². The van der Waals surface area contributed by atoms with Gasteiger partial charge in [-0.2, -0.15) is 47.9 Å². The fourth-order valence-corrected chi connectivity index (χ4v) is 0.913. The van der Waals surface area contributed by atoms with E-state index in [9.17, 15) is 56.6 Å². The molecule has 0 aliphatic rings. The Morgan fingerprint density at radius 3 is 1.45 bits per heavy atom. The second kappa shape index (κ2) is 4.71. The average molecular weight is 346 g/mol. The van der Waals surface area contributed by atoms with Crippen LogP contribution in [0.3, 0.4) is 0 Å². The van der Waals surface area contributed by atoms with Crippen molar-refractivity contribution < 1.29 is 61.3 Å². The summed E-state index contributed by atoms with van der Waals surface area (Å²) >= 11 is 0. The molecule has 0 amide bonds. The average Bonchev–Trinajstić information content (AvgIpc) is 2.12. The zero-order valence-electron chi connectivity index (χ0n) is 8.32. The number of alkyl halides is 8. The Bertz CT molecular complexity index is 494. The monoisotopic (exact) mass is 346 g/mol. The highest BCUT2D eigenvalue weighted by Gasteiger charge is 2.76. The number of hydrogen-bond donors (Lipinski definition) is 0. The Hall–Kier alpha value is -1.12. The first-order valence-electron chi connectivity index (χ1n) is 3.75. The Kier molecular flexibility index (Phi) is 4.45. The van der Waals surface area contributed by atoms with E-state index in [2.05, 4.69) is 0 Å². The molecule has 15 heteroatoms. The number of carbonyl (C=O) groups excluding carboxylic acids is 1. The van der Waals surface area contributed by atoms with Crippen molar-refractivity contribution >= 4 is 16.3 Å². The molecule has 0 saturated carbocycles. The minimum atomic E-state index is -7.58. The Balaban J connectivity index is 5.86. The standard InChI is InChI=1S/C5F10O4S/c6-1(16)2(7,3(8,9)10)19-4(11,12)5(13,14)20(15,17)18/t2-/m1/s1. The molecule has 0 radical (unpaired) electrons. The molecule has 0 N–H and O–H groups in total. The van der Waals surface area contributed by atoms with Gasteiger partial charge >= 0.3 is 39.7 Å². The van der Waals surface area contributed by atoms with E-state index in [1.165, 1.54) is 0 Å². The maximum Gasteiger partial charge on any atom is 0.464 e. The van der Waals surface area contributed by atoms with Gasteiger partial charge in [0.05, 0.1) is 0 Å². The van der Waals surface area contributed by atoms with Crippen molar-refractivity contribution in [2.45, 2.75) is 23.4 Å². The second-order valence-corrected chi connectivity index (χ2v) is 4.33. The highest BCUT2D eigenvalue weighted by atomic mass is 32.3. The van der Waals surface area contributed by atoms with Crippen LogP contribution in [-0.2, 0) is 19.8 Å². The van der Waals surface area contributed by atoms with Crippen LogP contribution in [0.2, 0.25) is 0 Å². The predicted octanol–water partition coefficient (Wildman–Crippen LogP) is 2.21. The summed E-state index contributed by atoms with van der Waals surface area (Å²) in [6.07, 6.45) is -14.0. The van der Waals surface area contributed by atoms with Crippen molar-refractivity contribution in [3.63, 3.8) is 0 Å². The predicted molar refractivity (Wildman–Crippen MR) is 37.0 cm³/mol. The SMILES string of the molecule is O=C(F)[C@@](F)(OC(F)(F)C(F)(F)S(=O)(=O)F)C(F)(F)F. The highest BCUT2D eigenvalue weighted by molar-refractivity contribution is 7.87. The highest BCUT2D eigenvalue weighted by Crippen LogP contribution is 2.47. The molecular formula is C5F10O4S. The van der Waals surface area contributed by atoms with Gasteiger partial charge in [-0.1, -0.05) is 3.89 Å². The molecule has 20 heavy (non-hydrogen) atoms. The molecule has 0 aliphatic carbocycles. The summed E-state index contributed by atoms with van der Waals surface area (Å²) in [6, 6.07) is -4.34. The van der Waals surface area contributed by atoms with Crippen LogP contribution in [0.25, 0.3) is 0 Å². The van der Waals surface area contributed by atoms with E-state index in [1.807, 2.05) is 0 Å². The van der Waals surface area contributed by atoms with Crippen LogP contribution < -0.4 is 0 Å². The molecule has 0 aromatic carbocycles. The topological polar surface area (TPSA) is 60.4 Å². The van der Waals surface area contributed by atoms with E-state index in [-0.39, 0.29) is 0 Å². The van der Waals surface area contributed by atoms with E-state index in [4.69, 9.17) is 0 Å². The zero-order chi connectivity index (χ0) is 16.8. The lowest BCUT2D eigenvalue weighted by molar-refractivity contribution is -0.424. The van der Waals surface area contributed by atoms with Crippen LogP contribution in [0.4, 0.5) is 43.4 Å². The maximum atomic E-state index is 12.6. The van der Waals surface area contributed by atoms with Gasteiger partial charge in [-0.3, -0.25) is 9.53 Å². The van der Waals surface area contributed by atoms with Gasteiger partial charge in [0.1, 0.15) is 0 Å². The van der Waals surface area contributed by atoms with E-state index < -0.39 is 39.7 Å². The van der Waals surface area contributed by atoms with Crippen molar-refractivity contribution in [2.75, 3.05) is 0 Å². The first-order valence-corrected chi connectivity index (χ1v) is 5.14. The van der Waals surface area contributed by atoms with Crippen LogP contribution in [-0.4, -0.2) is 37.8 Å². The molecule has 0 aromatic heterocycles. The number of carbonyl (C=O) groups is 1. The van der Waals surface area contributed by atoms with Gasteiger partial charge < -0.3 is 0 Å². The van der Waals surface area contributed by atoms with E-state index in [0.717, 1.165) is 0 Å². The van der Waals surface area contributed by atoms with Gasteiger partial charge in [0.25, 0.3) is 0 Å². The van der Waals surface area contributed by atoms with Gasteiger partial charge in [-0.05, 0) is 0 Å². The molecule has 0 fully saturated rings. The molecule has 0 unspecified atom stereocenters. The third kappa shape index (κ3) is 2.97. The third-order valence-electron chi connectivity index (χ3n) is 1.53. The van der Waals surface area contributed by atoms with E-state index in [1.54, 1.807) is 4.74 Å². The van der Waals surface area contributed by atoms with Gasteiger partial charge in [-0.15, -0.1) is 0 Å². The van der Waals surface area contributed by atoms with Crippen molar-refractivity contribution in [3.05, 3.63) is 0 Å². The van der Waals surface area contributed by atoms with Crippen LogP contribution in [0.1, 0.15) is 0 Å². The minimum Gasteiger partial charge on any atom is -0.260 e. The van der Waals surface area contributed by atoms with E-state index >= 15 is 0 Å². The largest absolute Gasteiger partial charge is 0.464 e. The molecule has 0 aromatic rings. The van der Waals surface area contributed by atoms with E-state index in [0.29, 0.717) is 0 Å². The lowest BCUT2D eigenvalue weighted by atomic mass is 10.3. The molecule has 0 spiro atoms. The summed E-state index contributed by atoms with van der Waals surface area (Å²) in [4.78, 5) is 9.66. The van der Waals surface area contributed by atoms with Gasteiger partial charge in [0.15, 0.2) is 0 Å². The number of ether oxygens (including phenoxy) is 1. The minimum absolute atomic E-state index is 1.62. The molecular weight excluding hydrogens is 346 g/mol. The van der Waals surface area contributed by atoms with Crippen LogP contribution in [0.5, 0.6) is 0 Å². The molecule has 0 heterocycles. The third-order valence-corrected chi connectivity index (χ3v) is 2.38. The lowest BCUT2D eigenvalue weighted by Gasteiger charge is -2.30. The second-order valence-electron chi connectivity index (χ2n) is 2.94. The van der Waals surface area contributed by atoms with Gasteiger partial charge in [0.2, 0.25) is 0 Å². The smallest absolute Gasteiger partial charge is 0.260 e.